The lowest BCUT2D eigenvalue weighted by Crippen LogP contribution is -2.29. The van der Waals surface area contributed by atoms with Crippen LogP contribution in [0.1, 0.15) is 11.1 Å². The molecule has 23 heavy (non-hydrogen) atoms. The molecule has 0 saturated carbocycles. The summed E-state index contributed by atoms with van der Waals surface area (Å²) >= 11 is 6.13. The van der Waals surface area contributed by atoms with Gasteiger partial charge in [0.15, 0.2) is 0 Å². The first-order valence-corrected chi connectivity index (χ1v) is 7.73. The molecule has 1 N–H and O–H groups in total. The van der Waals surface area contributed by atoms with Crippen molar-refractivity contribution in [3.8, 4) is 5.75 Å². The predicted molar refractivity (Wildman–Crippen MR) is 94.1 cm³/mol. The normalized spacial score (nSPS) is 10.7. The van der Waals surface area contributed by atoms with Gasteiger partial charge in [-0.3, -0.25) is 9.69 Å². The van der Waals surface area contributed by atoms with Gasteiger partial charge in [0, 0.05) is 6.54 Å². The van der Waals surface area contributed by atoms with Gasteiger partial charge < -0.3 is 10.1 Å². The molecule has 4 nitrogen and oxygen atoms in total. The van der Waals surface area contributed by atoms with Crippen LogP contribution in [0.25, 0.3) is 0 Å². The van der Waals surface area contributed by atoms with Crippen LogP contribution in [0.4, 0.5) is 5.69 Å². The number of amides is 1. The largest absolute Gasteiger partial charge is 0.497 e. The zero-order valence-corrected chi connectivity index (χ0v) is 14.4. The Morgan fingerprint density at radius 2 is 2.04 bits per heavy atom. The maximum absolute atomic E-state index is 12.1. The molecule has 0 aliphatic carbocycles. The highest BCUT2D eigenvalue weighted by molar-refractivity contribution is 6.33. The first kappa shape index (κ1) is 17.3. The Balaban J connectivity index is 1.91. The van der Waals surface area contributed by atoms with Gasteiger partial charge in [-0.2, -0.15) is 0 Å². The van der Waals surface area contributed by atoms with E-state index in [1.807, 2.05) is 61.3 Å². The summed E-state index contributed by atoms with van der Waals surface area (Å²) in [6, 6.07) is 13.4. The van der Waals surface area contributed by atoms with Crippen molar-refractivity contribution >= 4 is 23.2 Å². The lowest BCUT2D eigenvalue weighted by molar-refractivity contribution is -0.117. The molecule has 0 aliphatic heterocycles. The highest BCUT2D eigenvalue weighted by atomic mass is 35.5. The molecule has 0 radical (unpaired) electrons. The molecule has 0 fully saturated rings. The van der Waals surface area contributed by atoms with Crippen LogP contribution in [0.5, 0.6) is 5.75 Å². The van der Waals surface area contributed by atoms with Gasteiger partial charge in [-0.1, -0.05) is 29.8 Å². The number of halogens is 1. The van der Waals surface area contributed by atoms with Crippen molar-refractivity contribution in [2.75, 3.05) is 26.0 Å². The summed E-state index contributed by atoms with van der Waals surface area (Å²) in [7, 11) is 3.54. The first-order valence-electron chi connectivity index (χ1n) is 7.35. The fourth-order valence-corrected chi connectivity index (χ4v) is 2.58. The van der Waals surface area contributed by atoms with E-state index in [-0.39, 0.29) is 12.5 Å². The van der Waals surface area contributed by atoms with Crippen molar-refractivity contribution in [2.45, 2.75) is 13.5 Å². The van der Waals surface area contributed by atoms with Crippen LogP contribution in [0.15, 0.2) is 42.5 Å². The minimum Gasteiger partial charge on any atom is -0.497 e. The van der Waals surface area contributed by atoms with Crippen molar-refractivity contribution in [2.24, 2.45) is 0 Å². The number of carbonyl (C=O) groups is 1. The third kappa shape index (κ3) is 5.27. The van der Waals surface area contributed by atoms with Crippen molar-refractivity contribution in [1.82, 2.24) is 4.90 Å². The lowest BCUT2D eigenvalue weighted by Gasteiger charge is -2.17. The Labute approximate surface area is 142 Å². The summed E-state index contributed by atoms with van der Waals surface area (Å²) in [5.74, 6) is 0.716. The van der Waals surface area contributed by atoms with Crippen molar-refractivity contribution in [3.63, 3.8) is 0 Å². The van der Waals surface area contributed by atoms with Crippen LogP contribution in [0, 0.1) is 6.92 Å². The van der Waals surface area contributed by atoms with E-state index in [4.69, 9.17) is 16.3 Å². The van der Waals surface area contributed by atoms with Gasteiger partial charge in [0.1, 0.15) is 5.75 Å². The average molecular weight is 333 g/mol. The summed E-state index contributed by atoms with van der Waals surface area (Å²) in [4.78, 5) is 14.1. The Bertz CT molecular complexity index is 688. The summed E-state index contributed by atoms with van der Waals surface area (Å²) < 4.78 is 5.21. The fraction of sp³-hybridized carbons (Fsp3) is 0.278. The summed E-state index contributed by atoms with van der Waals surface area (Å²) in [6.45, 7) is 2.90. The van der Waals surface area contributed by atoms with E-state index >= 15 is 0 Å². The highest BCUT2D eigenvalue weighted by Crippen LogP contribution is 2.22. The van der Waals surface area contributed by atoms with Crippen molar-refractivity contribution in [1.29, 1.82) is 0 Å². The van der Waals surface area contributed by atoms with Gasteiger partial charge in [0.2, 0.25) is 5.91 Å². The summed E-state index contributed by atoms with van der Waals surface area (Å²) in [5, 5.41) is 3.39. The van der Waals surface area contributed by atoms with Crippen molar-refractivity contribution < 1.29 is 9.53 Å². The molecule has 122 valence electrons. The predicted octanol–water partition coefficient (Wildman–Crippen LogP) is 3.73. The lowest BCUT2D eigenvalue weighted by atomic mass is 10.2. The maximum Gasteiger partial charge on any atom is 0.238 e. The maximum atomic E-state index is 12.1. The fourth-order valence-electron chi connectivity index (χ4n) is 2.29. The highest BCUT2D eigenvalue weighted by Gasteiger charge is 2.10. The Morgan fingerprint density at radius 1 is 1.26 bits per heavy atom. The molecule has 1 amide bonds. The monoisotopic (exact) mass is 332 g/mol. The van der Waals surface area contributed by atoms with E-state index in [0.717, 1.165) is 16.9 Å². The number of likely N-dealkylation sites (N-methyl/N-ethyl adjacent to an activating group) is 1. The van der Waals surface area contributed by atoms with E-state index in [1.54, 1.807) is 7.11 Å². The Kier molecular flexibility index (Phi) is 6.02. The number of benzene rings is 2. The minimum absolute atomic E-state index is 0.0962. The second-order valence-electron chi connectivity index (χ2n) is 5.56. The second-order valence-corrected chi connectivity index (χ2v) is 5.96. The van der Waals surface area contributed by atoms with Gasteiger partial charge in [0.25, 0.3) is 0 Å². The van der Waals surface area contributed by atoms with Crippen molar-refractivity contribution in [3.05, 3.63) is 58.6 Å². The molecule has 0 atom stereocenters. The molecule has 0 unspecified atom stereocenters. The number of anilines is 1. The van der Waals surface area contributed by atoms with E-state index in [0.29, 0.717) is 17.3 Å². The zero-order valence-electron chi connectivity index (χ0n) is 13.6. The number of nitrogens with zero attached hydrogens (tertiary/aromatic N) is 1. The smallest absolute Gasteiger partial charge is 0.238 e. The third-order valence-corrected chi connectivity index (χ3v) is 3.71. The molecular formula is C18H21ClN2O2. The van der Waals surface area contributed by atoms with Gasteiger partial charge in [-0.05, 0) is 49.4 Å². The molecular weight excluding hydrogens is 312 g/mol. The first-order chi connectivity index (χ1) is 11.0. The number of hydrogen-bond donors (Lipinski definition) is 1. The van der Waals surface area contributed by atoms with Crippen LogP contribution in [0.2, 0.25) is 5.02 Å². The number of aryl methyl sites for hydroxylation is 1. The van der Waals surface area contributed by atoms with Gasteiger partial charge in [0.05, 0.1) is 24.4 Å². The SMILES string of the molecule is COc1cccc(CN(C)CC(=O)Nc2ccc(C)cc2Cl)c1. The number of methoxy groups -OCH3 is 1. The quantitative estimate of drug-likeness (QED) is 0.876. The van der Waals surface area contributed by atoms with Crippen LogP contribution in [-0.4, -0.2) is 31.5 Å². The van der Waals surface area contributed by atoms with Crippen LogP contribution >= 0.6 is 11.6 Å². The average Bonchev–Trinajstić information content (AvgIpc) is 2.50. The van der Waals surface area contributed by atoms with E-state index in [1.165, 1.54) is 0 Å². The summed E-state index contributed by atoms with van der Waals surface area (Å²) in [6.07, 6.45) is 0. The standard InChI is InChI=1S/C18H21ClN2O2/c1-13-7-8-17(16(19)9-13)20-18(22)12-21(2)11-14-5-4-6-15(10-14)23-3/h4-10H,11-12H2,1-3H3,(H,20,22). The Morgan fingerprint density at radius 3 is 2.74 bits per heavy atom. The third-order valence-electron chi connectivity index (χ3n) is 3.40. The van der Waals surface area contributed by atoms with Crippen LogP contribution < -0.4 is 10.1 Å². The molecule has 0 aromatic heterocycles. The van der Waals surface area contributed by atoms with Gasteiger partial charge in [-0.15, -0.1) is 0 Å². The van der Waals surface area contributed by atoms with E-state index < -0.39 is 0 Å². The van der Waals surface area contributed by atoms with E-state index in [2.05, 4.69) is 5.32 Å². The van der Waals surface area contributed by atoms with E-state index in [9.17, 15) is 4.79 Å². The topological polar surface area (TPSA) is 41.6 Å². The minimum atomic E-state index is -0.0962. The number of rotatable bonds is 6. The van der Waals surface area contributed by atoms with Crippen LogP contribution in [-0.2, 0) is 11.3 Å². The number of ether oxygens (including phenoxy) is 1. The molecule has 0 bridgehead atoms. The van der Waals surface area contributed by atoms with Crippen LogP contribution in [0.3, 0.4) is 0 Å². The molecule has 0 heterocycles. The molecule has 0 spiro atoms. The summed E-state index contributed by atoms with van der Waals surface area (Å²) in [5.41, 5.74) is 2.79. The molecule has 2 aromatic rings. The molecule has 2 rings (SSSR count). The number of carbonyl (C=O) groups excluding carboxylic acids is 1. The number of hydrogen-bond acceptors (Lipinski definition) is 3. The van der Waals surface area contributed by atoms with Gasteiger partial charge >= 0.3 is 0 Å². The molecule has 0 aliphatic rings. The Hall–Kier alpha value is -2.04. The molecule has 2 aromatic carbocycles. The zero-order chi connectivity index (χ0) is 16.8. The molecule has 5 heteroatoms. The van der Waals surface area contributed by atoms with Gasteiger partial charge in [-0.25, -0.2) is 0 Å². The number of nitrogens with one attached hydrogen (secondary N) is 1. The molecule has 0 saturated heterocycles. The second kappa shape index (κ2) is 7.99.